The van der Waals surface area contributed by atoms with E-state index in [0.29, 0.717) is 5.75 Å². The molecule has 0 amide bonds. The highest BCUT2D eigenvalue weighted by atomic mass is 79.9. The number of thioether (sulfide) groups is 1. The summed E-state index contributed by atoms with van der Waals surface area (Å²) in [5.41, 5.74) is 4.12. The minimum Gasteiger partial charge on any atom is -0.333 e. The third-order valence-corrected chi connectivity index (χ3v) is 4.32. The van der Waals surface area contributed by atoms with E-state index in [0.717, 1.165) is 26.2 Å². The summed E-state index contributed by atoms with van der Waals surface area (Å²) in [5, 5.41) is 0.853. The SMILES string of the molecule is Cc1ccc2nc(SCc3cc(F)cc(Br)c3)[nH]c2c1. The smallest absolute Gasteiger partial charge is 0.166 e. The number of aryl methyl sites for hydroxylation is 1. The first kappa shape index (κ1) is 13.6. The maximum Gasteiger partial charge on any atom is 0.166 e. The number of halogens is 2. The fourth-order valence-corrected chi connectivity index (χ4v) is 3.34. The monoisotopic (exact) mass is 350 g/mol. The third kappa shape index (κ3) is 3.04. The van der Waals surface area contributed by atoms with Crippen LogP contribution >= 0.6 is 27.7 Å². The number of nitrogens with zero attached hydrogens (tertiary/aromatic N) is 1. The molecule has 5 heteroatoms. The molecule has 0 aliphatic carbocycles. The molecular weight excluding hydrogens is 339 g/mol. The van der Waals surface area contributed by atoms with Gasteiger partial charge < -0.3 is 4.98 Å². The molecule has 1 heterocycles. The second-order valence-electron chi connectivity index (χ2n) is 4.63. The van der Waals surface area contributed by atoms with Crippen LogP contribution in [0, 0.1) is 12.7 Å². The lowest BCUT2D eigenvalue weighted by Gasteiger charge is -2.01. The van der Waals surface area contributed by atoms with Crippen molar-refractivity contribution in [3.8, 4) is 0 Å². The van der Waals surface area contributed by atoms with Crippen molar-refractivity contribution in [2.45, 2.75) is 17.8 Å². The quantitative estimate of drug-likeness (QED) is 0.668. The van der Waals surface area contributed by atoms with Gasteiger partial charge in [-0.1, -0.05) is 33.8 Å². The standard InChI is InChI=1S/C15H12BrFN2S/c1-9-2-3-13-14(4-9)19-15(18-13)20-8-10-5-11(16)7-12(17)6-10/h2-7H,8H2,1H3,(H,18,19). The fourth-order valence-electron chi connectivity index (χ4n) is 2.01. The minimum atomic E-state index is -0.227. The number of H-pyrrole nitrogens is 1. The van der Waals surface area contributed by atoms with E-state index in [1.165, 1.54) is 11.6 Å². The van der Waals surface area contributed by atoms with Crippen LogP contribution in [0.3, 0.4) is 0 Å². The molecule has 0 saturated heterocycles. The Hall–Kier alpha value is -1.33. The predicted molar refractivity (Wildman–Crippen MR) is 84.5 cm³/mol. The van der Waals surface area contributed by atoms with Crippen LogP contribution in [0.15, 0.2) is 46.0 Å². The highest BCUT2D eigenvalue weighted by Crippen LogP contribution is 2.25. The van der Waals surface area contributed by atoms with Gasteiger partial charge in [0.2, 0.25) is 0 Å². The molecule has 0 spiro atoms. The lowest BCUT2D eigenvalue weighted by atomic mass is 10.2. The molecule has 3 rings (SSSR count). The van der Waals surface area contributed by atoms with E-state index in [4.69, 9.17) is 0 Å². The van der Waals surface area contributed by atoms with E-state index in [1.807, 2.05) is 18.2 Å². The van der Waals surface area contributed by atoms with Crippen molar-refractivity contribution >= 4 is 38.7 Å². The second-order valence-corrected chi connectivity index (χ2v) is 6.51. The van der Waals surface area contributed by atoms with Crippen LogP contribution in [0.1, 0.15) is 11.1 Å². The van der Waals surface area contributed by atoms with Gasteiger partial charge in [0.05, 0.1) is 11.0 Å². The summed E-state index contributed by atoms with van der Waals surface area (Å²) in [6.07, 6.45) is 0. The van der Waals surface area contributed by atoms with Gasteiger partial charge in [0.15, 0.2) is 5.16 Å². The van der Waals surface area contributed by atoms with Crippen molar-refractivity contribution < 1.29 is 4.39 Å². The lowest BCUT2D eigenvalue weighted by molar-refractivity contribution is 0.625. The highest BCUT2D eigenvalue weighted by molar-refractivity contribution is 9.10. The molecule has 0 unspecified atom stereocenters. The molecule has 1 N–H and O–H groups in total. The molecule has 0 aliphatic rings. The number of fused-ring (bicyclic) bond motifs is 1. The number of rotatable bonds is 3. The van der Waals surface area contributed by atoms with Crippen molar-refractivity contribution in [1.82, 2.24) is 9.97 Å². The van der Waals surface area contributed by atoms with Crippen molar-refractivity contribution in [1.29, 1.82) is 0 Å². The summed E-state index contributed by atoms with van der Waals surface area (Å²) in [6.45, 7) is 2.05. The van der Waals surface area contributed by atoms with Crippen LogP contribution in [0.2, 0.25) is 0 Å². The van der Waals surface area contributed by atoms with Crippen LogP contribution in [0.5, 0.6) is 0 Å². The number of aromatic nitrogens is 2. The Balaban J connectivity index is 1.79. The summed E-state index contributed by atoms with van der Waals surface area (Å²) in [5.74, 6) is 0.449. The maximum absolute atomic E-state index is 13.3. The first-order valence-electron chi connectivity index (χ1n) is 6.14. The molecule has 0 atom stereocenters. The second kappa shape index (κ2) is 5.58. The molecule has 20 heavy (non-hydrogen) atoms. The van der Waals surface area contributed by atoms with E-state index in [-0.39, 0.29) is 5.82 Å². The molecule has 2 nitrogen and oxygen atoms in total. The summed E-state index contributed by atoms with van der Waals surface area (Å²) < 4.78 is 14.1. The minimum absolute atomic E-state index is 0.227. The van der Waals surface area contributed by atoms with Crippen molar-refractivity contribution in [2.24, 2.45) is 0 Å². The molecule has 2 aromatic carbocycles. The zero-order valence-corrected chi connectivity index (χ0v) is 13.2. The summed E-state index contributed by atoms with van der Waals surface area (Å²) in [6, 6.07) is 11.0. The molecule has 0 fully saturated rings. The zero-order valence-electron chi connectivity index (χ0n) is 10.8. The van der Waals surface area contributed by atoms with Gasteiger partial charge in [-0.3, -0.25) is 0 Å². The van der Waals surface area contributed by atoms with Gasteiger partial charge in [-0.2, -0.15) is 0 Å². The first-order chi connectivity index (χ1) is 9.60. The lowest BCUT2D eigenvalue weighted by Crippen LogP contribution is -1.84. The summed E-state index contributed by atoms with van der Waals surface area (Å²) in [7, 11) is 0. The number of benzene rings is 2. The van der Waals surface area contributed by atoms with E-state index in [9.17, 15) is 4.39 Å². The number of aromatic amines is 1. The van der Waals surface area contributed by atoms with E-state index in [1.54, 1.807) is 17.8 Å². The summed E-state index contributed by atoms with van der Waals surface area (Å²) >= 11 is 4.87. The van der Waals surface area contributed by atoms with Crippen LogP contribution in [-0.4, -0.2) is 9.97 Å². The fraction of sp³-hybridized carbons (Fsp3) is 0.133. The largest absolute Gasteiger partial charge is 0.333 e. The Labute approximate surface area is 128 Å². The van der Waals surface area contributed by atoms with E-state index < -0.39 is 0 Å². The van der Waals surface area contributed by atoms with E-state index in [2.05, 4.69) is 38.9 Å². The Bertz CT molecular complexity index is 749. The predicted octanol–water partition coefficient (Wildman–Crippen LogP) is 5.07. The van der Waals surface area contributed by atoms with Gasteiger partial charge in [-0.15, -0.1) is 0 Å². The van der Waals surface area contributed by atoms with Crippen molar-refractivity contribution in [2.75, 3.05) is 0 Å². The maximum atomic E-state index is 13.3. The average Bonchev–Trinajstić information content (AvgIpc) is 2.77. The molecule has 0 bridgehead atoms. The van der Waals surface area contributed by atoms with Gasteiger partial charge in [-0.05, 0) is 48.4 Å². The Morgan fingerprint density at radius 3 is 2.90 bits per heavy atom. The normalized spacial score (nSPS) is 11.2. The van der Waals surface area contributed by atoms with Crippen LogP contribution in [0.4, 0.5) is 4.39 Å². The number of nitrogens with one attached hydrogen (secondary N) is 1. The average molecular weight is 351 g/mol. The Kier molecular flexibility index (Phi) is 3.81. The first-order valence-corrected chi connectivity index (χ1v) is 7.92. The van der Waals surface area contributed by atoms with Crippen molar-refractivity contribution in [3.63, 3.8) is 0 Å². The van der Waals surface area contributed by atoms with E-state index >= 15 is 0 Å². The molecule has 102 valence electrons. The molecule has 1 aromatic heterocycles. The van der Waals surface area contributed by atoms with Gasteiger partial charge in [0, 0.05) is 10.2 Å². The van der Waals surface area contributed by atoms with Gasteiger partial charge in [0.25, 0.3) is 0 Å². The topological polar surface area (TPSA) is 28.7 Å². The van der Waals surface area contributed by atoms with Gasteiger partial charge in [0.1, 0.15) is 5.82 Å². The Morgan fingerprint density at radius 1 is 1.25 bits per heavy atom. The molecular formula is C15H12BrFN2S. The van der Waals surface area contributed by atoms with Crippen LogP contribution in [0.25, 0.3) is 11.0 Å². The number of hydrogen-bond acceptors (Lipinski definition) is 2. The van der Waals surface area contributed by atoms with Gasteiger partial charge in [-0.25, -0.2) is 9.37 Å². The van der Waals surface area contributed by atoms with Crippen LogP contribution in [-0.2, 0) is 5.75 Å². The third-order valence-electron chi connectivity index (χ3n) is 2.91. The highest BCUT2D eigenvalue weighted by Gasteiger charge is 2.05. The number of hydrogen-bond donors (Lipinski definition) is 1. The van der Waals surface area contributed by atoms with Crippen molar-refractivity contribution in [3.05, 3.63) is 57.8 Å². The zero-order chi connectivity index (χ0) is 14.1. The Morgan fingerprint density at radius 2 is 2.10 bits per heavy atom. The van der Waals surface area contributed by atoms with Crippen LogP contribution < -0.4 is 0 Å². The molecule has 3 aromatic rings. The summed E-state index contributed by atoms with van der Waals surface area (Å²) in [4.78, 5) is 7.80. The number of imidazole rings is 1. The molecule has 0 radical (unpaired) electrons. The molecule has 0 saturated carbocycles. The van der Waals surface area contributed by atoms with Gasteiger partial charge >= 0.3 is 0 Å². The molecule has 0 aliphatic heterocycles.